The maximum Gasteiger partial charge on any atom is 0.407 e. The van der Waals surface area contributed by atoms with Crippen LogP contribution < -0.4 is 14.7 Å². The number of fused-ring (bicyclic) bond motifs is 1. The fourth-order valence-corrected chi connectivity index (χ4v) is 8.02. The van der Waals surface area contributed by atoms with Gasteiger partial charge >= 0.3 is 13.7 Å². The number of amides is 3. The van der Waals surface area contributed by atoms with Crippen molar-refractivity contribution in [1.29, 1.82) is 0 Å². The summed E-state index contributed by atoms with van der Waals surface area (Å²) < 4.78 is 36.2. The summed E-state index contributed by atoms with van der Waals surface area (Å²) in [7, 11) is -2.24. The van der Waals surface area contributed by atoms with E-state index in [2.05, 4.69) is 24.1 Å². The summed E-state index contributed by atoms with van der Waals surface area (Å²) >= 11 is 0. The predicted molar refractivity (Wildman–Crippen MR) is 207 cm³/mol. The Morgan fingerprint density at radius 2 is 1.62 bits per heavy atom. The molecule has 2 N–H and O–H groups in total. The number of benzene rings is 2. The number of methoxy groups -OCH3 is 1. The Kier molecular flexibility index (Phi) is 15.4. The van der Waals surface area contributed by atoms with E-state index < -0.39 is 37.7 Å². The average Bonchev–Trinajstić information content (AvgIpc) is 3.70. The number of carbonyl (C=O) groups excluding carboxylic acids is 2. The Bertz CT molecular complexity index is 1770. The molecule has 0 saturated carbocycles. The highest BCUT2D eigenvalue weighted by molar-refractivity contribution is 7.54. The highest BCUT2D eigenvalue weighted by Gasteiger charge is 2.40. The summed E-state index contributed by atoms with van der Waals surface area (Å²) in [4.78, 5) is 53.2. The van der Waals surface area contributed by atoms with Gasteiger partial charge in [0.05, 0.1) is 18.9 Å². The number of carboxylic acid groups (broad SMARTS) is 1. The SMILES string of the molecule is CCCCOCCCC.CO[C@H]1CCN(c2cc(C(=O)N[C@@H](CP3(=O)OCc4ccccc4O3)C(=O)N3CCN(C(=O)O)CC3)nc(-c3ccccc3)n2)C1. The molecular weight excluding hydrogens is 727 g/mol. The Morgan fingerprint density at radius 1 is 0.945 bits per heavy atom. The minimum Gasteiger partial charge on any atom is -0.465 e. The van der Waals surface area contributed by atoms with Gasteiger partial charge in [-0.3, -0.25) is 14.1 Å². The van der Waals surface area contributed by atoms with Crippen LogP contribution in [0.1, 0.15) is 62.0 Å². The van der Waals surface area contributed by atoms with Crippen LogP contribution in [0.25, 0.3) is 11.4 Å². The van der Waals surface area contributed by atoms with Gasteiger partial charge in [0, 0.05) is 76.8 Å². The van der Waals surface area contributed by atoms with Crippen LogP contribution >= 0.6 is 7.60 Å². The molecule has 3 atom stereocenters. The smallest absolute Gasteiger partial charge is 0.407 e. The fourth-order valence-electron chi connectivity index (χ4n) is 6.28. The summed E-state index contributed by atoms with van der Waals surface area (Å²) in [5, 5.41) is 12.1. The van der Waals surface area contributed by atoms with E-state index in [1.807, 2.05) is 41.3 Å². The summed E-state index contributed by atoms with van der Waals surface area (Å²) in [6.45, 7) is 7.99. The van der Waals surface area contributed by atoms with E-state index >= 15 is 0 Å². The molecule has 298 valence electrons. The zero-order valence-corrected chi connectivity index (χ0v) is 32.8. The lowest BCUT2D eigenvalue weighted by Crippen LogP contribution is -2.56. The number of ether oxygens (including phenoxy) is 2. The van der Waals surface area contributed by atoms with E-state index in [4.69, 9.17) is 23.5 Å². The largest absolute Gasteiger partial charge is 0.465 e. The highest BCUT2D eigenvalue weighted by Crippen LogP contribution is 2.54. The van der Waals surface area contributed by atoms with Crippen molar-refractivity contribution in [1.82, 2.24) is 25.1 Å². The minimum absolute atomic E-state index is 0.0207. The van der Waals surface area contributed by atoms with E-state index in [0.29, 0.717) is 41.6 Å². The first kappa shape index (κ1) is 41.6. The molecule has 3 aliphatic heterocycles. The number of para-hydroxylation sites is 1. The van der Waals surface area contributed by atoms with Crippen LogP contribution in [0.3, 0.4) is 0 Å². The Balaban J connectivity index is 0.000000574. The first-order valence-corrected chi connectivity index (χ1v) is 20.7. The average molecular weight is 781 g/mol. The lowest BCUT2D eigenvalue weighted by molar-refractivity contribution is -0.134. The van der Waals surface area contributed by atoms with Crippen molar-refractivity contribution < 1.29 is 42.6 Å². The lowest BCUT2D eigenvalue weighted by atomic mass is 10.2. The van der Waals surface area contributed by atoms with Gasteiger partial charge in [-0.1, -0.05) is 75.2 Å². The molecule has 2 fully saturated rings. The van der Waals surface area contributed by atoms with Crippen molar-refractivity contribution in [2.45, 2.75) is 64.7 Å². The third kappa shape index (κ3) is 11.7. The second-order valence-corrected chi connectivity index (χ2v) is 15.6. The van der Waals surface area contributed by atoms with Crippen molar-refractivity contribution in [2.24, 2.45) is 0 Å². The van der Waals surface area contributed by atoms with Crippen LogP contribution in [0.2, 0.25) is 0 Å². The molecule has 2 saturated heterocycles. The van der Waals surface area contributed by atoms with Crippen LogP contribution in [0.15, 0.2) is 60.7 Å². The van der Waals surface area contributed by atoms with Crippen molar-refractivity contribution in [3.05, 3.63) is 71.9 Å². The van der Waals surface area contributed by atoms with Gasteiger partial charge in [-0.05, 0) is 25.3 Å². The van der Waals surface area contributed by atoms with Crippen molar-refractivity contribution in [3.63, 3.8) is 0 Å². The van der Waals surface area contributed by atoms with Crippen molar-refractivity contribution >= 4 is 31.3 Å². The molecule has 3 aliphatic rings. The monoisotopic (exact) mass is 780 g/mol. The molecule has 15 nitrogen and oxygen atoms in total. The Morgan fingerprint density at radius 3 is 2.27 bits per heavy atom. The number of rotatable bonds is 14. The van der Waals surface area contributed by atoms with E-state index in [1.54, 1.807) is 31.4 Å². The van der Waals surface area contributed by atoms with Crippen LogP contribution in [-0.4, -0.2) is 121 Å². The number of aromatic nitrogens is 2. The number of unbranched alkanes of at least 4 members (excludes halogenated alkanes) is 2. The number of nitrogens with zero attached hydrogens (tertiary/aromatic N) is 5. The summed E-state index contributed by atoms with van der Waals surface area (Å²) in [6, 6.07) is 16.5. The number of hydrogen-bond donors (Lipinski definition) is 2. The van der Waals surface area contributed by atoms with Crippen LogP contribution in [0, 0.1) is 0 Å². The molecular formula is C39H53N6O9P. The molecule has 16 heteroatoms. The summed E-state index contributed by atoms with van der Waals surface area (Å²) in [6.07, 6.45) is 4.22. The third-order valence-electron chi connectivity index (χ3n) is 9.56. The Labute approximate surface area is 322 Å². The van der Waals surface area contributed by atoms with Gasteiger partial charge in [0.1, 0.15) is 23.3 Å². The molecule has 3 aromatic rings. The third-order valence-corrected chi connectivity index (χ3v) is 11.4. The number of anilines is 1. The molecule has 0 bridgehead atoms. The highest BCUT2D eigenvalue weighted by atomic mass is 31.2. The number of nitrogens with one attached hydrogen (secondary N) is 1. The molecule has 0 radical (unpaired) electrons. The molecule has 6 rings (SSSR count). The molecule has 1 aromatic heterocycles. The van der Waals surface area contributed by atoms with Crippen LogP contribution in [-0.2, 0) is 30.0 Å². The molecule has 4 heterocycles. The van der Waals surface area contributed by atoms with Gasteiger partial charge in [-0.15, -0.1) is 0 Å². The molecule has 0 spiro atoms. The normalized spacial score (nSPS) is 19.8. The standard InChI is InChI=1S/C31H35N6O8P.C8H18O/c1-43-23-11-12-37(18-23)27-17-24(32-28(34-27)21-7-3-2-4-8-21)29(38)33-25(30(39)35-13-15-36(16-14-35)31(40)41)20-46(42)44-19-22-9-5-6-10-26(22)45-46;1-3-5-7-9-8-6-4-2/h2-10,17,23,25H,11-16,18-20H2,1H3,(H,33,38)(H,40,41);3-8H2,1-2H3/t23-,25-,46?;/m0./s1. The van der Waals surface area contributed by atoms with Gasteiger partial charge < -0.3 is 39.1 Å². The molecule has 0 aliphatic carbocycles. The number of carbonyl (C=O) groups is 3. The van der Waals surface area contributed by atoms with Crippen LogP contribution in [0.5, 0.6) is 5.75 Å². The maximum absolute atomic E-state index is 13.9. The predicted octanol–water partition coefficient (Wildman–Crippen LogP) is 5.69. The van der Waals surface area contributed by atoms with E-state index in [0.717, 1.165) is 19.6 Å². The van der Waals surface area contributed by atoms with Crippen molar-refractivity contribution in [3.8, 4) is 17.1 Å². The fraction of sp³-hybridized carbons (Fsp3) is 0.513. The maximum atomic E-state index is 13.9. The lowest BCUT2D eigenvalue weighted by Gasteiger charge is -2.36. The number of piperazine rings is 1. The van der Waals surface area contributed by atoms with E-state index in [1.165, 1.54) is 35.5 Å². The quantitative estimate of drug-likeness (QED) is 0.151. The number of hydrogen-bond acceptors (Lipinski definition) is 11. The van der Waals surface area contributed by atoms with Gasteiger partial charge in [-0.25, -0.2) is 19.3 Å². The van der Waals surface area contributed by atoms with Gasteiger partial charge in [0.15, 0.2) is 5.82 Å². The zero-order valence-electron chi connectivity index (χ0n) is 31.9. The van der Waals surface area contributed by atoms with Crippen molar-refractivity contribution in [2.75, 3.05) is 70.7 Å². The summed E-state index contributed by atoms with van der Waals surface area (Å²) in [5.41, 5.74) is 1.44. The zero-order chi connectivity index (χ0) is 39.2. The van der Waals surface area contributed by atoms with Crippen LogP contribution in [0.4, 0.5) is 10.6 Å². The van der Waals surface area contributed by atoms with E-state index in [-0.39, 0.29) is 44.6 Å². The minimum atomic E-state index is -3.90. The molecule has 1 unspecified atom stereocenters. The topological polar surface area (TPSA) is 173 Å². The van der Waals surface area contributed by atoms with E-state index in [9.17, 15) is 24.1 Å². The molecule has 55 heavy (non-hydrogen) atoms. The van der Waals surface area contributed by atoms with Gasteiger partial charge in [-0.2, -0.15) is 0 Å². The van der Waals surface area contributed by atoms with Gasteiger partial charge in [0.2, 0.25) is 5.91 Å². The second-order valence-electron chi connectivity index (χ2n) is 13.6. The molecule has 3 amide bonds. The first-order valence-electron chi connectivity index (χ1n) is 19.0. The second kappa shape index (κ2) is 20.4. The summed E-state index contributed by atoms with van der Waals surface area (Å²) in [5.74, 6) is 0.0573. The Hall–Kier alpha value is -4.56. The first-order chi connectivity index (χ1) is 26.6. The molecule has 2 aromatic carbocycles. The van der Waals surface area contributed by atoms with Gasteiger partial charge in [0.25, 0.3) is 5.91 Å².